The van der Waals surface area contributed by atoms with Crippen LogP contribution < -0.4 is 5.32 Å². The van der Waals surface area contributed by atoms with Crippen LogP contribution in [-0.4, -0.2) is 29.6 Å². The molecule has 1 atom stereocenters. The normalized spacial score (nSPS) is 29.4. The number of amides is 2. The van der Waals surface area contributed by atoms with Gasteiger partial charge < -0.3 is 10.2 Å². The molecule has 1 unspecified atom stereocenters. The van der Waals surface area contributed by atoms with Gasteiger partial charge in [-0.25, -0.2) is 4.79 Å². The Morgan fingerprint density at radius 1 is 1.36 bits per heavy atom. The van der Waals surface area contributed by atoms with Gasteiger partial charge in [-0.2, -0.15) is 0 Å². The van der Waals surface area contributed by atoms with Gasteiger partial charge in [-0.1, -0.05) is 26.2 Å². The second-order valence-electron chi connectivity index (χ2n) is 4.50. The number of nitrogens with one attached hydrogen (secondary N) is 1. The molecule has 2 aliphatic rings. The molecule has 3 heteroatoms. The van der Waals surface area contributed by atoms with Gasteiger partial charge >= 0.3 is 6.03 Å². The molecular formula is C11H20N2O. The molecule has 0 aromatic heterocycles. The minimum absolute atomic E-state index is 0.170. The summed E-state index contributed by atoms with van der Waals surface area (Å²) in [4.78, 5) is 13.7. The van der Waals surface area contributed by atoms with Crippen molar-refractivity contribution in [3.8, 4) is 0 Å². The Morgan fingerprint density at radius 2 is 2.07 bits per heavy atom. The van der Waals surface area contributed by atoms with Crippen molar-refractivity contribution in [3.63, 3.8) is 0 Å². The van der Waals surface area contributed by atoms with Crippen LogP contribution in [0.25, 0.3) is 0 Å². The highest BCUT2D eigenvalue weighted by Gasteiger charge is 2.33. The van der Waals surface area contributed by atoms with E-state index < -0.39 is 0 Å². The lowest BCUT2D eigenvalue weighted by Gasteiger charge is -2.30. The predicted molar refractivity (Wildman–Crippen MR) is 56.2 cm³/mol. The number of carbonyl (C=O) groups is 1. The van der Waals surface area contributed by atoms with Crippen molar-refractivity contribution < 1.29 is 4.79 Å². The largest absolute Gasteiger partial charge is 0.333 e. The van der Waals surface area contributed by atoms with Gasteiger partial charge in [0.2, 0.25) is 0 Å². The molecule has 0 radical (unpaired) electrons. The van der Waals surface area contributed by atoms with E-state index in [0.717, 1.165) is 13.0 Å². The van der Waals surface area contributed by atoms with Crippen molar-refractivity contribution >= 4 is 6.03 Å². The van der Waals surface area contributed by atoms with Crippen LogP contribution in [0.5, 0.6) is 0 Å². The summed E-state index contributed by atoms with van der Waals surface area (Å²) in [6, 6.07) is 1.09. The fraction of sp³-hybridized carbons (Fsp3) is 0.909. The minimum Gasteiger partial charge on any atom is -0.333 e. The van der Waals surface area contributed by atoms with Gasteiger partial charge in [0.25, 0.3) is 0 Å². The second kappa shape index (κ2) is 4.20. The zero-order chi connectivity index (χ0) is 9.97. The number of hydrogen-bond acceptors (Lipinski definition) is 1. The fourth-order valence-electron chi connectivity index (χ4n) is 2.56. The SMILES string of the molecule is CCC1CN(C2CCCCC2)C(=O)N1. The molecule has 1 N–H and O–H groups in total. The lowest BCUT2D eigenvalue weighted by molar-refractivity contribution is 0.178. The summed E-state index contributed by atoms with van der Waals surface area (Å²) in [5.41, 5.74) is 0. The molecule has 1 saturated carbocycles. The van der Waals surface area contributed by atoms with Crippen LogP contribution in [0.2, 0.25) is 0 Å². The molecule has 0 aromatic carbocycles. The number of carbonyl (C=O) groups excluding carboxylic acids is 1. The number of nitrogens with zero attached hydrogens (tertiary/aromatic N) is 1. The Hall–Kier alpha value is -0.730. The fourth-order valence-corrected chi connectivity index (χ4v) is 2.56. The third-order valence-electron chi connectivity index (χ3n) is 3.51. The van der Waals surface area contributed by atoms with Crippen molar-refractivity contribution in [1.29, 1.82) is 0 Å². The Bertz CT molecular complexity index is 211. The van der Waals surface area contributed by atoms with E-state index in [1.165, 1.54) is 32.1 Å². The highest BCUT2D eigenvalue weighted by Crippen LogP contribution is 2.24. The van der Waals surface area contributed by atoms with E-state index in [1.807, 2.05) is 0 Å². The van der Waals surface area contributed by atoms with Crippen LogP contribution in [0.4, 0.5) is 4.79 Å². The Labute approximate surface area is 85.8 Å². The van der Waals surface area contributed by atoms with E-state index >= 15 is 0 Å². The molecule has 80 valence electrons. The first-order chi connectivity index (χ1) is 6.81. The van der Waals surface area contributed by atoms with Crippen molar-refractivity contribution in [2.24, 2.45) is 0 Å². The summed E-state index contributed by atoms with van der Waals surface area (Å²) in [5.74, 6) is 0. The number of rotatable bonds is 2. The molecule has 2 rings (SSSR count). The van der Waals surface area contributed by atoms with E-state index in [1.54, 1.807) is 0 Å². The van der Waals surface area contributed by atoms with Crippen LogP contribution in [0.1, 0.15) is 45.4 Å². The molecule has 0 spiro atoms. The van der Waals surface area contributed by atoms with Crippen molar-refractivity contribution in [3.05, 3.63) is 0 Å². The monoisotopic (exact) mass is 196 g/mol. The quantitative estimate of drug-likeness (QED) is 0.721. The van der Waals surface area contributed by atoms with Gasteiger partial charge in [0.15, 0.2) is 0 Å². The van der Waals surface area contributed by atoms with Crippen LogP contribution in [0.15, 0.2) is 0 Å². The van der Waals surface area contributed by atoms with E-state index in [4.69, 9.17) is 0 Å². The van der Waals surface area contributed by atoms with Crippen LogP contribution in [-0.2, 0) is 0 Å². The average molecular weight is 196 g/mol. The van der Waals surface area contributed by atoms with E-state index in [9.17, 15) is 4.79 Å². The molecule has 14 heavy (non-hydrogen) atoms. The summed E-state index contributed by atoms with van der Waals surface area (Å²) in [6.45, 7) is 3.06. The Morgan fingerprint density at radius 3 is 2.64 bits per heavy atom. The molecule has 2 fully saturated rings. The maximum atomic E-state index is 11.7. The summed E-state index contributed by atoms with van der Waals surface area (Å²) in [6.07, 6.45) is 7.42. The van der Waals surface area contributed by atoms with Crippen molar-refractivity contribution in [2.75, 3.05) is 6.54 Å². The number of urea groups is 1. The minimum atomic E-state index is 0.170. The zero-order valence-electron chi connectivity index (χ0n) is 8.96. The highest BCUT2D eigenvalue weighted by molar-refractivity contribution is 5.77. The van der Waals surface area contributed by atoms with Crippen molar-refractivity contribution in [1.82, 2.24) is 10.2 Å². The maximum Gasteiger partial charge on any atom is 0.317 e. The van der Waals surface area contributed by atoms with Crippen molar-refractivity contribution in [2.45, 2.75) is 57.5 Å². The Kier molecular flexibility index (Phi) is 2.94. The highest BCUT2D eigenvalue weighted by atomic mass is 16.2. The number of hydrogen-bond donors (Lipinski definition) is 1. The van der Waals surface area contributed by atoms with Crippen LogP contribution in [0, 0.1) is 0 Å². The van der Waals surface area contributed by atoms with E-state index in [2.05, 4.69) is 17.1 Å². The summed E-state index contributed by atoms with van der Waals surface area (Å²) in [7, 11) is 0. The summed E-state index contributed by atoms with van der Waals surface area (Å²) >= 11 is 0. The lowest BCUT2D eigenvalue weighted by Crippen LogP contribution is -2.39. The van der Waals surface area contributed by atoms with E-state index in [0.29, 0.717) is 12.1 Å². The smallest absolute Gasteiger partial charge is 0.317 e. The molecule has 1 saturated heterocycles. The molecule has 2 amide bonds. The molecule has 3 nitrogen and oxygen atoms in total. The van der Waals surface area contributed by atoms with Gasteiger partial charge in [0.05, 0.1) is 0 Å². The third kappa shape index (κ3) is 1.86. The van der Waals surface area contributed by atoms with E-state index in [-0.39, 0.29) is 6.03 Å². The zero-order valence-corrected chi connectivity index (χ0v) is 8.96. The maximum absolute atomic E-state index is 11.7. The lowest BCUT2D eigenvalue weighted by atomic mass is 9.94. The molecular weight excluding hydrogens is 176 g/mol. The standard InChI is InChI=1S/C11H20N2O/c1-2-9-8-13(11(14)12-9)10-6-4-3-5-7-10/h9-10H,2-8H2,1H3,(H,12,14). The first-order valence-corrected chi connectivity index (χ1v) is 5.88. The average Bonchev–Trinajstić information content (AvgIpc) is 2.61. The van der Waals surface area contributed by atoms with Crippen LogP contribution >= 0.6 is 0 Å². The third-order valence-corrected chi connectivity index (χ3v) is 3.51. The topological polar surface area (TPSA) is 32.3 Å². The molecule has 1 heterocycles. The van der Waals surface area contributed by atoms with Gasteiger partial charge in [-0.05, 0) is 19.3 Å². The Balaban J connectivity index is 1.93. The first kappa shape index (κ1) is 9.81. The molecule has 1 aliphatic heterocycles. The van der Waals surface area contributed by atoms with Crippen LogP contribution in [0.3, 0.4) is 0 Å². The summed E-state index contributed by atoms with van der Waals surface area (Å²) < 4.78 is 0. The molecule has 0 bridgehead atoms. The summed E-state index contributed by atoms with van der Waals surface area (Å²) in [5, 5.41) is 3.04. The van der Waals surface area contributed by atoms with Gasteiger partial charge in [-0.15, -0.1) is 0 Å². The second-order valence-corrected chi connectivity index (χ2v) is 4.50. The van der Waals surface area contributed by atoms with Gasteiger partial charge in [0, 0.05) is 18.6 Å². The predicted octanol–water partition coefficient (Wildman–Crippen LogP) is 2.12. The molecule has 1 aliphatic carbocycles. The van der Waals surface area contributed by atoms with Gasteiger partial charge in [-0.3, -0.25) is 0 Å². The molecule has 0 aromatic rings. The first-order valence-electron chi connectivity index (χ1n) is 5.88. The van der Waals surface area contributed by atoms with Gasteiger partial charge in [0.1, 0.15) is 0 Å².